The maximum atomic E-state index is 12.6. The van der Waals surface area contributed by atoms with Crippen LogP contribution < -0.4 is 9.46 Å². The minimum atomic E-state index is -3.39. The second kappa shape index (κ2) is 8.10. The number of sulfonamides is 1. The molecule has 10 heteroatoms. The quantitative estimate of drug-likeness (QED) is 0.696. The van der Waals surface area contributed by atoms with Gasteiger partial charge >= 0.3 is 0 Å². The fourth-order valence-electron chi connectivity index (χ4n) is 4.30. The molecule has 0 aromatic heterocycles. The number of aliphatic hydroxyl groups excluding tert-OH is 1. The van der Waals surface area contributed by atoms with Crippen LogP contribution in [0.3, 0.4) is 0 Å². The molecule has 0 radical (unpaired) electrons. The first-order chi connectivity index (χ1) is 13.8. The number of nitrogens with zero attached hydrogens (tertiary/aromatic N) is 1. The molecule has 0 bridgehead atoms. The molecule has 2 saturated heterocycles. The van der Waals surface area contributed by atoms with Gasteiger partial charge in [-0.1, -0.05) is 0 Å². The molecule has 2 fully saturated rings. The predicted molar refractivity (Wildman–Crippen MR) is 104 cm³/mol. The van der Waals surface area contributed by atoms with Crippen LogP contribution in [0.1, 0.15) is 24.3 Å². The molecule has 0 unspecified atom stereocenters. The third-order valence-corrected chi connectivity index (χ3v) is 6.18. The Morgan fingerprint density at radius 1 is 1.31 bits per heavy atom. The van der Waals surface area contributed by atoms with Crippen molar-refractivity contribution >= 4 is 21.6 Å². The first kappa shape index (κ1) is 20.4. The SMILES string of the molecule is CS(=O)(=O)Nc1ccc2c(c1)[C@@H]1C[C@@H](CC(=O)N3CCOCC3)O[C@H](CO)[C@@H]1O2. The molecule has 1 aromatic rings. The highest BCUT2D eigenvalue weighted by molar-refractivity contribution is 7.92. The van der Waals surface area contributed by atoms with Crippen LogP contribution in [0.2, 0.25) is 0 Å². The van der Waals surface area contributed by atoms with Crippen LogP contribution in [0.25, 0.3) is 0 Å². The van der Waals surface area contributed by atoms with E-state index in [1.165, 1.54) is 0 Å². The topological polar surface area (TPSA) is 114 Å². The average Bonchev–Trinajstić information content (AvgIpc) is 3.05. The van der Waals surface area contributed by atoms with Gasteiger partial charge in [-0.3, -0.25) is 9.52 Å². The van der Waals surface area contributed by atoms with Crippen LogP contribution in [-0.4, -0.2) is 81.8 Å². The Morgan fingerprint density at radius 3 is 2.76 bits per heavy atom. The number of amides is 1. The minimum absolute atomic E-state index is 0.0140. The van der Waals surface area contributed by atoms with Gasteiger partial charge in [-0.05, 0) is 24.6 Å². The summed E-state index contributed by atoms with van der Waals surface area (Å²) in [6, 6.07) is 5.14. The summed E-state index contributed by atoms with van der Waals surface area (Å²) in [5.41, 5.74) is 1.33. The Hall–Kier alpha value is -1.88. The van der Waals surface area contributed by atoms with E-state index >= 15 is 0 Å². The third-order valence-electron chi connectivity index (χ3n) is 5.57. The smallest absolute Gasteiger partial charge is 0.229 e. The fraction of sp³-hybridized carbons (Fsp3) is 0.632. The van der Waals surface area contributed by atoms with Crippen molar-refractivity contribution in [2.45, 2.75) is 37.1 Å². The van der Waals surface area contributed by atoms with Crippen molar-refractivity contribution in [3.05, 3.63) is 23.8 Å². The second-order valence-corrected chi connectivity index (χ2v) is 9.48. The summed E-state index contributed by atoms with van der Waals surface area (Å²) in [6.45, 7) is 2.02. The van der Waals surface area contributed by atoms with Gasteiger partial charge in [0.1, 0.15) is 18.0 Å². The fourth-order valence-corrected chi connectivity index (χ4v) is 4.86. The Labute approximate surface area is 170 Å². The number of benzene rings is 1. The van der Waals surface area contributed by atoms with Crippen LogP contribution in [0.15, 0.2) is 18.2 Å². The maximum absolute atomic E-state index is 12.6. The summed E-state index contributed by atoms with van der Waals surface area (Å²) >= 11 is 0. The molecular formula is C19H26N2O7S. The maximum Gasteiger partial charge on any atom is 0.229 e. The molecule has 4 atom stereocenters. The molecule has 1 amide bonds. The van der Waals surface area contributed by atoms with Crippen molar-refractivity contribution in [1.82, 2.24) is 4.90 Å². The predicted octanol–water partition coefficient (Wildman–Crippen LogP) is 0.301. The standard InChI is InChI=1S/C19H26N2O7S/c1-29(24,25)20-12-2-3-16-14(8-12)15-9-13(27-17(11-22)19(15)28-16)10-18(23)21-4-6-26-7-5-21/h2-3,8,13,15,17,19-20,22H,4-7,9-11H2,1H3/t13-,15-,17+,19+/m0/s1. The highest BCUT2D eigenvalue weighted by Crippen LogP contribution is 2.47. The van der Waals surface area contributed by atoms with Gasteiger partial charge in [0.2, 0.25) is 15.9 Å². The Bertz CT molecular complexity index is 869. The second-order valence-electron chi connectivity index (χ2n) is 7.73. The number of rotatable bonds is 5. The molecule has 3 heterocycles. The number of hydrogen-bond donors (Lipinski definition) is 2. The van der Waals surface area contributed by atoms with E-state index in [4.69, 9.17) is 14.2 Å². The van der Waals surface area contributed by atoms with E-state index in [2.05, 4.69) is 4.72 Å². The molecule has 2 N–H and O–H groups in total. The largest absolute Gasteiger partial charge is 0.487 e. The van der Waals surface area contributed by atoms with Gasteiger partial charge in [0.05, 0.1) is 38.6 Å². The zero-order valence-corrected chi connectivity index (χ0v) is 17.1. The van der Waals surface area contributed by atoms with Crippen molar-refractivity contribution in [2.24, 2.45) is 0 Å². The van der Waals surface area contributed by atoms with Crippen molar-refractivity contribution < 1.29 is 32.5 Å². The lowest BCUT2D eigenvalue weighted by Crippen LogP contribution is -2.48. The van der Waals surface area contributed by atoms with E-state index in [9.17, 15) is 18.3 Å². The third kappa shape index (κ3) is 4.50. The van der Waals surface area contributed by atoms with Crippen LogP contribution in [0.5, 0.6) is 5.75 Å². The molecule has 0 aliphatic carbocycles. The van der Waals surface area contributed by atoms with E-state index in [1.54, 1.807) is 23.1 Å². The highest BCUT2D eigenvalue weighted by Gasteiger charge is 2.46. The lowest BCUT2D eigenvalue weighted by atomic mass is 9.84. The summed E-state index contributed by atoms with van der Waals surface area (Å²) in [4.78, 5) is 14.4. The molecular weight excluding hydrogens is 400 g/mol. The summed E-state index contributed by atoms with van der Waals surface area (Å²) in [5.74, 6) is 0.584. The van der Waals surface area contributed by atoms with Crippen LogP contribution in [0, 0.1) is 0 Å². The first-order valence-electron chi connectivity index (χ1n) is 9.74. The number of carbonyl (C=O) groups excluding carboxylic acids is 1. The first-order valence-corrected chi connectivity index (χ1v) is 11.6. The number of anilines is 1. The molecule has 9 nitrogen and oxygen atoms in total. The lowest BCUT2D eigenvalue weighted by molar-refractivity contribution is -0.151. The molecule has 3 aliphatic rings. The summed E-state index contributed by atoms with van der Waals surface area (Å²) < 4.78 is 42.9. The van der Waals surface area contributed by atoms with Gasteiger partial charge in [-0.25, -0.2) is 8.42 Å². The summed E-state index contributed by atoms with van der Waals surface area (Å²) in [7, 11) is -3.39. The lowest BCUT2D eigenvalue weighted by Gasteiger charge is -2.38. The van der Waals surface area contributed by atoms with Gasteiger partial charge in [-0.15, -0.1) is 0 Å². The van der Waals surface area contributed by atoms with Crippen LogP contribution >= 0.6 is 0 Å². The van der Waals surface area contributed by atoms with Gasteiger partial charge < -0.3 is 24.2 Å². The number of ether oxygens (including phenoxy) is 3. The normalized spacial score (nSPS) is 29.0. The number of hydrogen-bond acceptors (Lipinski definition) is 7. The number of nitrogens with one attached hydrogen (secondary N) is 1. The number of aliphatic hydroxyl groups is 1. The van der Waals surface area contributed by atoms with Crippen LogP contribution in [0.4, 0.5) is 5.69 Å². The van der Waals surface area contributed by atoms with E-state index in [0.29, 0.717) is 44.2 Å². The molecule has 160 valence electrons. The number of carbonyl (C=O) groups is 1. The zero-order valence-electron chi connectivity index (χ0n) is 16.2. The summed E-state index contributed by atoms with van der Waals surface area (Å²) in [5, 5.41) is 9.82. The molecule has 0 saturated carbocycles. The van der Waals surface area contributed by atoms with Crippen LogP contribution in [-0.2, 0) is 24.3 Å². The molecule has 3 aliphatic heterocycles. The molecule has 1 aromatic carbocycles. The van der Waals surface area contributed by atoms with Crippen molar-refractivity contribution in [2.75, 3.05) is 43.9 Å². The zero-order chi connectivity index (χ0) is 20.6. The van der Waals surface area contributed by atoms with Gasteiger partial charge in [0.15, 0.2) is 0 Å². The monoisotopic (exact) mass is 426 g/mol. The highest BCUT2D eigenvalue weighted by atomic mass is 32.2. The molecule has 4 rings (SSSR count). The Kier molecular flexibility index (Phi) is 5.69. The van der Waals surface area contributed by atoms with E-state index in [1.807, 2.05) is 0 Å². The van der Waals surface area contributed by atoms with Gasteiger partial charge in [-0.2, -0.15) is 0 Å². The van der Waals surface area contributed by atoms with Gasteiger partial charge in [0, 0.05) is 30.3 Å². The Morgan fingerprint density at radius 2 is 2.07 bits per heavy atom. The van der Waals surface area contributed by atoms with Crippen molar-refractivity contribution in [3.8, 4) is 5.75 Å². The minimum Gasteiger partial charge on any atom is -0.487 e. The van der Waals surface area contributed by atoms with E-state index in [-0.39, 0.29) is 37.1 Å². The molecule has 29 heavy (non-hydrogen) atoms. The Balaban J connectivity index is 1.51. The number of fused-ring (bicyclic) bond motifs is 3. The van der Waals surface area contributed by atoms with Crippen molar-refractivity contribution in [1.29, 1.82) is 0 Å². The molecule has 0 spiro atoms. The summed E-state index contributed by atoms with van der Waals surface area (Å²) in [6.07, 6.45) is 0.643. The average molecular weight is 426 g/mol. The van der Waals surface area contributed by atoms with Gasteiger partial charge in [0.25, 0.3) is 0 Å². The number of morpholine rings is 1. The van der Waals surface area contributed by atoms with E-state index < -0.39 is 16.1 Å². The van der Waals surface area contributed by atoms with Crippen molar-refractivity contribution in [3.63, 3.8) is 0 Å². The van der Waals surface area contributed by atoms with E-state index in [0.717, 1.165) is 11.8 Å².